The Morgan fingerprint density at radius 1 is 1.33 bits per heavy atom. The third-order valence-corrected chi connectivity index (χ3v) is 2.47. The van der Waals surface area contributed by atoms with E-state index in [-0.39, 0.29) is 0 Å². The Kier molecular flexibility index (Phi) is 2.13. The second kappa shape index (κ2) is 3.28. The molecule has 0 bridgehead atoms. The van der Waals surface area contributed by atoms with Gasteiger partial charge in [-0.15, -0.1) is 0 Å². The van der Waals surface area contributed by atoms with Gasteiger partial charge in [-0.1, -0.05) is 24.3 Å². The first kappa shape index (κ1) is 7.81. The van der Waals surface area contributed by atoms with Gasteiger partial charge in [-0.2, -0.15) is 0 Å². The minimum Gasteiger partial charge on any atom is -0.374 e. The highest BCUT2D eigenvalue weighted by molar-refractivity contribution is 5.28. The van der Waals surface area contributed by atoms with Gasteiger partial charge >= 0.3 is 0 Å². The predicted molar refractivity (Wildman–Crippen MR) is 49.1 cm³/mol. The standard InChI is InChI=1S/C11H14O/c1-9-5-2-3-6-10(9)11-7-4-8-12-11/h2-3,5-6,11H,4,7-8H2,1H3/t11-/m1/s1. The summed E-state index contributed by atoms with van der Waals surface area (Å²) >= 11 is 0. The van der Waals surface area contributed by atoms with Gasteiger partial charge < -0.3 is 4.74 Å². The first-order chi connectivity index (χ1) is 5.88. The fraction of sp³-hybridized carbons (Fsp3) is 0.455. The van der Waals surface area contributed by atoms with E-state index in [9.17, 15) is 0 Å². The van der Waals surface area contributed by atoms with Crippen LogP contribution in [0.5, 0.6) is 0 Å². The Hall–Kier alpha value is -0.820. The average Bonchev–Trinajstić information content (AvgIpc) is 2.57. The van der Waals surface area contributed by atoms with Crippen molar-refractivity contribution in [1.82, 2.24) is 0 Å². The second-order valence-electron chi connectivity index (χ2n) is 3.36. The van der Waals surface area contributed by atoms with Crippen LogP contribution in [0.15, 0.2) is 24.3 Å². The van der Waals surface area contributed by atoms with Crippen molar-refractivity contribution >= 4 is 0 Å². The van der Waals surface area contributed by atoms with E-state index in [1.165, 1.54) is 24.0 Å². The largest absolute Gasteiger partial charge is 0.374 e. The zero-order chi connectivity index (χ0) is 8.39. The molecule has 64 valence electrons. The molecule has 1 heterocycles. The van der Waals surface area contributed by atoms with Crippen LogP contribution in [0.1, 0.15) is 30.1 Å². The molecule has 1 nitrogen and oxygen atoms in total. The third-order valence-electron chi connectivity index (χ3n) is 2.47. The van der Waals surface area contributed by atoms with Crippen LogP contribution in [0.4, 0.5) is 0 Å². The van der Waals surface area contributed by atoms with E-state index < -0.39 is 0 Å². The first-order valence-electron chi connectivity index (χ1n) is 4.55. The van der Waals surface area contributed by atoms with Gasteiger partial charge in [0.15, 0.2) is 0 Å². The molecule has 1 aliphatic rings. The van der Waals surface area contributed by atoms with E-state index in [0.29, 0.717) is 6.10 Å². The average molecular weight is 162 g/mol. The van der Waals surface area contributed by atoms with Gasteiger partial charge in [0.1, 0.15) is 0 Å². The Labute approximate surface area is 73.4 Å². The normalized spacial score (nSPS) is 22.9. The van der Waals surface area contributed by atoms with Crippen LogP contribution >= 0.6 is 0 Å². The smallest absolute Gasteiger partial charge is 0.0828 e. The monoisotopic (exact) mass is 162 g/mol. The van der Waals surface area contributed by atoms with Crippen molar-refractivity contribution in [1.29, 1.82) is 0 Å². The molecule has 0 N–H and O–H groups in total. The van der Waals surface area contributed by atoms with Gasteiger partial charge in [-0.25, -0.2) is 0 Å². The zero-order valence-corrected chi connectivity index (χ0v) is 7.42. The van der Waals surface area contributed by atoms with E-state index in [2.05, 4.69) is 31.2 Å². The minimum absolute atomic E-state index is 0.367. The van der Waals surface area contributed by atoms with Crippen LogP contribution in [0.25, 0.3) is 0 Å². The third kappa shape index (κ3) is 1.37. The maximum atomic E-state index is 5.62. The topological polar surface area (TPSA) is 9.23 Å². The summed E-state index contributed by atoms with van der Waals surface area (Å²) in [6, 6.07) is 8.49. The van der Waals surface area contributed by atoms with Crippen molar-refractivity contribution in [3.8, 4) is 0 Å². The Bertz CT molecular complexity index is 261. The molecule has 0 aliphatic carbocycles. The van der Waals surface area contributed by atoms with Crippen molar-refractivity contribution in [2.45, 2.75) is 25.9 Å². The molecule has 2 rings (SSSR count). The molecule has 1 aromatic carbocycles. The summed E-state index contributed by atoms with van der Waals surface area (Å²) in [6.45, 7) is 3.08. The summed E-state index contributed by atoms with van der Waals surface area (Å²) in [5.41, 5.74) is 2.72. The lowest BCUT2D eigenvalue weighted by molar-refractivity contribution is 0.111. The van der Waals surface area contributed by atoms with Crippen LogP contribution in [-0.4, -0.2) is 6.61 Å². The van der Waals surface area contributed by atoms with Gasteiger partial charge in [-0.3, -0.25) is 0 Å². The Morgan fingerprint density at radius 2 is 2.17 bits per heavy atom. The maximum Gasteiger partial charge on any atom is 0.0828 e. The van der Waals surface area contributed by atoms with Crippen LogP contribution in [0.2, 0.25) is 0 Å². The number of hydrogen-bond acceptors (Lipinski definition) is 1. The van der Waals surface area contributed by atoms with Gasteiger partial charge in [0.25, 0.3) is 0 Å². The lowest BCUT2D eigenvalue weighted by Crippen LogP contribution is -1.97. The van der Waals surface area contributed by atoms with Crippen molar-refractivity contribution in [2.24, 2.45) is 0 Å². The highest BCUT2D eigenvalue weighted by atomic mass is 16.5. The van der Waals surface area contributed by atoms with Gasteiger partial charge in [0, 0.05) is 6.61 Å². The number of ether oxygens (including phenoxy) is 1. The number of benzene rings is 1. The zero-order valence-electron chi connectivity index (χ0n) is 7.42. The van der Waals surface area contributed by atoms with E-state index in [4.69, 9.17) is 4.74 Å². The summed E-state index contributed by atoms with van der Waals surface area (Å²) in [5, 5.41) is 0. The van der Waals surface area contributed by atoms with E-state index in [1.54, 1.807) is 0 Å². The summed E-state index contributed by atoms with van der Waals surface area (Å²) in [6.07, 6.45) is 2.76. The van der Waals surface area contributed by atoms with Gasteiger partial charge in [0.05, 0.1) is 6.10 Å². The Morgan fingerprint density at radius 3 is 2.83 bits per heavy atom. The van der Waals surface area contributed by atoms with Crippen LogP contribution < -0.4 is 0 Å². The van der Waals surface area contributed by atoms with Crippen molar-refractivity contribution < 1.29 is 4.74 Å². The number of hydrogen-bond donors (Lipinski definition) is 0. The molecule has 1 heteroatoms. The molecule has 0 aromatic heterocycles. The lowest BCUT2D eigenvalue weighted by Gasteiger charge is -2.11. The molecule has 0 unspecified atom stereocenters. The fourth-order valence-corrected chi connectivity index (χ4v) is 1.77. The summed E-state index contributed by atoms with van der Waals surface area (Å²) in [7, 11) is 0. The van der Waals surface area contributed by atoms with Crippen LogP contribution in [-0.2, 0) is 4.74 Å². The molecular weight excluding hydrogens is 148 g/mol. The molecule has 0 amide bonds. The van der Waals surface area contributed by atoms with Crippen LogP contribution in [0, 0.1) is 6.92 Å². The summed E-state index contributed by atoms with van der Waals surface area (Å²) in [5.74, 6) is 0. The van der Waals surface area contributed by atoms with Crippen molar-refractivity contribution in [3.63, 3.8) is 0 Å². The molecule has 1 fully saturated rings. The number of aryl methyl sites for hydroxylation is 1. The quantitative estimate of drug-likeness (QED) is 0.617. The van der Waals surface area contributed by atoms with E-state index >= 15 is 0 Å². The van der Waals surface area contributed by atoms with Gasteiger partial charge in [-0.05, 0) is 30.9 Å². The summed E-state index contributed by atoms with van der Waals surface area (Å²) in [4.78, 5) is 0. The van der Waals surface area contributed by atoms with Crippen molar-refractivity contribution in [3.05, 3.63) is 35.4 Å². The molecule has 12 heavy (non-hydrogen) atoms. The molecule has 1 saturated heterocycles. The van der Waals surface area contributed by atoms with Gasteiger partial charge in [0.2, 0.25) is 0 Å². The molecule has 0 radical (unpaired) electrons. The fourth-order valence-electron chi connectivity index (χ4n) is 1.77. The number of rotatable bonds is 1. The Balaban J connectivity index is 2.26. The maximum absolute atomic E-state index is 5.62. The molecule has 0 saturated carbocycles. The van der Waals surface area contributed by atoms with Crippen molar-refractivity contribution in [2.75, 3.05) is 6.61 Å². The minimum atomic E-state index is 0.367. The lowest BCUT2D eigenvalue weighted by atomic mass is 10.0. The highest BCUT2D eigenvalue weighted by Crippen LogP contribution is 2.30. The summed E-state index contributed by atoms with van der Waals surface area (Å²) < 4.78 is 5.62. The molecule has 0 spiro atoms. The molecular formula is C11H14O. The SMILES string of the molecule is Cc1ccccc1[C@H]1CCCO1. The first-order valence-corrected chi connectivity index (χ1v) is 4.55. The molecule has 1 aromatic rings. The molecule has 1 aliphatic heterocycles. The molecule has 1 atom stereocenters. The highest BCUT2D eigenvalue weighted by Gasteiger charge is 2.18. The van der Waals surface area contributed by atoms with Crippen LogP contribution in [0.3, 0.4) is 0 Å². The second-order valence-corrected chi connectivity index (χ2v) is 3.36. The van der Waals surface area contributed by atoms with E-state index in [0.717, 1.165) is 6.61 Å². The predicted octanol–water partition coefficient (Wildman–Crippen LogP) is 2.85. The van der Waals surface area contributed by atoms with E-state index in [1.807, 2.05) is 0 Å².